The number of rotatable bonds is 4. The van der Waals surface area contributed by atoms with Crippen molar-refractivity contribution < 1.29 is 9.53 Å². The normalized spacial score (nSPS) is 12.6. The van der Waals surface area contributed by atoms with Crippen LogP contribution in [0.3, 0.4) is 0 Å². The molecule has 2 aromatic carbocycles. The maximum Gasteiger partial charge on any atom is 0.408 e. The molecule has 1 heterocycles. The zero-order chi connectivity index (χ0) is 21.2. The van der Waals surface area contributed by atoms with Gasteiger partial charge in [0.25, 0.3) is 5.56 Å². The Labute approximate surface area is 174 Å². The summed E-state index contributed by atoms with van der Waals surface area (Å²) in [5.41, 5.74) is 0.206. The molecule has 0 spiro atoms. The topological polar surface area (TPSA) is 73.2 Å². The van der Waals surface area contributed by atoms with Gasteiger partial charge in [0.1, 0.15) is 11.4 Å². The van der Waals surface area contributed by atoms with Gasteiger partial charge < -0.3 is 10.1 Å². The van der Waals surface area contributed by atoms with Crippen LogP contribution in [0.15, 0.2) is 53.3 Å². The second-order valence-corrected chi connectivity index (χ2v) is 8.09. The summed E-state index contributed by atoms with van der Waals surface area (Å²) >= 11 is 6.30. The van der Waals surface area contributed by atoms with Crippen molar-refractivity contribution in [3.63, 3.8) is 0 Å². The Kier molecular flexibility index (Phi) is 5.94. The van der Waals surface area contributed by atoms with Gasteiger partial charge in [-0.05, 0) is 51.5 Å². The lowest BCUT2D eigenvalue weighted by atomic mass is 10.1. The molecule has 3 aromatic rings. The van der Waals surface area contributed by atoms with Crippen molar-refractivity contribution >= 4 is 28.6 Å². The molecule has 0 aliphatic heterocycles. The van der Waals surface area contributed by atoms with Gasteiger partial charge in [-0.1, -0.05) is 42.8 Å². The fourth-order valence-corrected chi connectivity index (χ4v) is 3.32. The van der Waals surface area contributed by atoms with Gasteiger partial charge in [0, 0.05) is 0 Å². The Hall–Kier alpha value is -2.86. The number of benzene rings is 2. The third-order valence-corrected chi connectivity index (χ3v) is 4.61. The molecule has 1 aromatic heterocycles. The highest BCUT2D eigenvalue weighted by atomic mass is 35.5. The van der Waals surface area contributed by atoms with Gasteiger partial charge in [0.2, 0.25) is 0 Å². The minimum absolute atomic E-state index is 0.286. The number of halogens is 1. The van der Waals surface area contributed by atoms with Crippen LogP contribution in [0.1, 0.15) is 46.0 Å². The number of amides is 1. The molecule has 0 saturated carbocycles. The fraction of sp³-hybridized carbons (Fsp3) is 0.318. The van der Waals surface area contributed by atoms with Crippen LogP contribution in [-0.2, 0) is 4.74 Å². The Morgan fingerprint density at radius 3 is 2.48 bits per heavy atom. The standard InChI is InChI=1S/C22H24ClN3O3/c1-5-16(25-21(28)29-22(2,3)4)19-24-17-13-9-12-15(23)18(17)20(27)26(19)14-10-7-6-8-11-14/h6-13,16H,5H2,1-4H3,(H,25,28). The molecule has 6 nitrogen and oxygen atoms in total. The molecule has 1 amide bonds. The Morgan fingerprint density at radius 1 is 1.17 bits per heavy atom. The number of carbonyl (C=O) groups is 1. The van der Waals surface area contributed by atoms with E-state index in [0.29, 0.717) is 33.9 Å². The number of ether oxygens (including phenoxy) is 1. The number of fused-ring (bicyclic) bond motifs is 1. The van der Waals surface area contributed by atoms with E-state index in [1.165, 1.54) is 4.57 Å². The number of nitrogens with one attached hydrogen (secondary N) is 1. The fourth-order valence-electron chi connectivity index (χ4n) is 3.07. The molecule has 3 rings (SSSR count). The molecule has 0 bridgehead atoms. The number of aromatic nitrogens is 2. The second kappa shape index (κ2) is 8.25. The molecular formula is C22H24ClN3O3. The zero-order valence-corrected chi connectivity index (χ0v) is 17.7. The molecule has 0 aliphatic carbocycles. The predicted molar refractivity (Wildman–Crippen MR) is 115 cm³/mol. The average molecular weight is 414 g/mol. The number of alkyl carbamates (subject to hydrolysis) is 1. The summed E-state index contributed by atoms with van der Waals surface area (Å²) in [5.74, 6) is 0.421. The van der Waals surface area contributed by atoms with Crippen LogP contribution < -0.4 is 10.9 Å². The molecular weight excluding hydrogens is 390 g/mol. The molecule has 0 saturated heterocycles. The van der Waals surface area contributed by atoms with Crippen LogP contribution in [0.5, 0.6) is 0 Å². The van der Waals surface area contributed by atoms with E-state index in [4.69, 9.17) is 21.3 Å². The van der Waals surface area contributed by atoms with Crippen molar-refractivity contribution in [1.82, 2.24) is 14.9 Å². The molecule has 0 fully saturated rings. The van der Waals surface area contributed by atoms with E-state index in [9.17, 15) is 9.59 Å². The second-order valence-electron chi connectivity index (χ2n) is 7.69. The quantitative estimate of drug-likeness (QED) is 0.652. The third-order valence-electron chi connectivity index (χ3n) is 4.30. The lowest BCUT2D eigenvalue weighted by Gasteiger charge is -2.24. The number of para-hydroxylation sites is 1. The Morgan fingerprint density at radius 2 is 1.86 bits per heavy atom. The molecule has 1 atom stereocenters. The van der Waals surface area contributed by atoms with Crippen molar-refractivity contribution in [2.45, 2.75) is 45.8 Å². The van der Waals surface area contributed by atoms with Crippen LogP contribution in [0.4, 0.5) is 4.79 Å². The lowest BCUT2D eigenvalue weighted by molar-refractivity contribution is 0.0499. The van der Waals surface area contributed by atoms with Crippen molar-refractivity contribution in [1.29, 1.82) is 0 Å². The summed E-state index contributed by atoms with van der Waals surface area (Å²) in [6.07, 6.45) is -0.0469. The molecule has 7 heteroatoms. The summed E-state index contributed by atoms with van der Waals surface area (Å²) < 4.78 is 6.89. The van der Waals surface area contributed by atoms with Crippen molar-refractivity contribution in [2.75, 3.05) is 0 Å². The predicted octanol–water partition coefficient (Wildman–Crippen LogP) is 5.01. The largest absolute Gasteiger partial charge is 0.444 e. The smallest absolute Gasteiger partial charge is 0.408 e. The van der Waals surface area contributed by atoms with Gasteiger partial charge in [0.15, 0.2) is 0 Å². The first-order chi connectivity index (χ1) is 13.7. The van der Waals surface area contributed by atoms with Gasteiger partial charge in [0.05, 0.1) is 27.7 Å². The van der Waals surface area contributed by atoms with Gasteiger partial charge in [-0.15, -0.1) is 0 Å². The molecule has 29 heavy (non-hydrogen) atoms. The maximum absolute atomic E-state index is 13.4. The van der Waals surface area contributed by atoms with E-state index in [-0.39, 0.29) is 5.56 Å². The highest BCUT2D eigenvalue weighted by Gasteiger charge is 2.25. The first-order valence-electron chi connectivity index (χ1n) is 9.47. The van der Waals surface area contributed by atoms with Crippen LogP contribution in [0.2, 0.25) is 5.02 Å². The summed E-state index contributed by atoms with van der Waals surface area (Å²) in [5, 5.41) is 3.52. The highest BCUT2D eigenvalue weighted by molar-refractivity contribution is 6.35. The van der Waals surface area contributed by atoms with Crippen LogP contribution in [0, 0.1) is 0 Å². The number of nitrogens with zero attached hydrogens (tertiary/aromatic N) is 2. The number of hydrogen-bond acceptors (Lipinski definition) is 4. The average Bonchev–Trinajstić information content (AvgIpc) is 2.65. The molecule has 152 valence electrons. The van der Waals surface area contributed by atoms with Crippen molar-refractivity contribution in [3.8, 4) is 5.69 Å². The highest BCUT2D eigenvalue weighted by Crippen LogP contribution is 2.24. The van der Waals surface area contributed by atoms with Crippen LogP contribution >= 0.6 is 11.6 Å². The summed E-state index contributed by atoms with van der Waals surface area (Å²) in [6, 6.07) is 13.8. The summed E-state index contributed by atoms with van der Waals surface area (Å²) in [7, 11) is 0. The van der Waals surface area contributed by atoms with Gasteiger partial charge in [-0.3, -0.25) is 9.36 Å². The lowest BCUT2D eigenvalue weighted by Crippen LogP contribution is -2.37. The van der Waals surface area contributed by atoms with Gasteiger partial charge in [-0.2, -0.15) is 0 Å². The first-order valence-corrected chi connectivity index (χ1v) is 9.85. The summed E-state index contributed by atoms with van der Waals surface area (Å²) in [6.45, 7) is 7.29. The van der Waals surface area contributed by atoms with Gasteiger partial charge in [-0.25, -0.2) is 9.78 Å². The van der Waals surface area contributed by atoms with E-state index < -0.39 is 17.7 Å². The van der Waals surface area contributed by atoms with E-state index >= 15 is 0 Å². The minimum Gasteiger partial charge on any atom is -0.444 e. The first kappa shape index (κ1) is 20.9. The molecule has 1 N–H and O–H groups in total. The molecule has 0 aliphatic rings. The van der Waals surface area contributed by atoms with Crippen LogP contribution in [0.25, 0.3) is 16.6 Å². The monoisotopic (exact) mass is 413 g/mol. The number of carbonyl (C=O) groups excluding carboxylic acids is 1. The van der Waals surface area contributed by atoms with Crippen molar-refractivity contribution in [3.05, 3.63) is 69.7 Å². The Bertz CT molecular complexity index is 1090. The zero-order valence-electron chi connectivity index (χ0n) is 16.9. The van der Waals surface area contributed by atoms with E-state index in [1.807, 2.05) is 37.3 Å². The molecule has 0 radical (unpaired) electrons. The van der Waals surface area contributed by atoms with E-state index in [0.717, 1.165) is 0 Å². The van der Waals surface area contributed by atoms with Crippen molar-refractivity contribution in [2.24, 2.45) is 0 Å². The minimum atomic E-state index is -0.633. The van der Waals surface area contributed by atoms with E-state index in [1.54, 1.807) is 39.0 Å². The van der Waals surface area contributed by atoms with Crippen LogP contribution in [-0.4, -0.2) is 21.2 Å². The Balaban J connectivity index is 2.19. The number of hydrogen-bond donors (Lipinski definition) is 1. The van der Waals surface area contributed by atoms with Gasteiger partial charge >= 0.3 is 6.09 Å². The molecule has 1 unspecified atom stereocenters. The summed E-state index contributed by atoms with van der Waals surface area (Å²) in [4.78, 5) is 30.5. The maximum atomic E-state index is 13.4. The SMILES string of the molecule is CCC(NC(=O)OC(C)(C)C)c1nc2cccc(Cl)c2c(=O)n1-c1ccccc1. The third kappa shape index (κ3) is 4.59. The van der Waals surface area contributed by atoms with E-state index in [2.05, 4.69) is 5.32 Å².